The lowest BCUT2D eigenvalue weighted by Crippen LogP contribution is -2.15. The van der Waals surface area contributed by atoms with Crippen molar-refractivity contribution in [2.45, 2.75) is 0 Å². The van der Waals surface area contributed by atoms with E-state index in [-0.39, 0.29) is 0 Å². The Hall–Kier alpha value is -1.06. The molecule has 0 heterocycles. The summed E-state index contributed by atoms with van der Waals surface area (Å²) in [5.41, 5.74) is 0.585. The minimum absolute atomic E-state index is 0.447. The zero-order valence-corrected chi connectivity index (χ0v) is 7.01. The van der Waals surface area contributed by atoms with Crippen LogP contribution in [-0.2, 0) is 4.79 Å². The summed E-state index contributed by atoms with van der Waals surface area (Å²) in [5, 5.41) is 11.4. The number of hydrogen-bond donors (Lipinski definition) is 2. The molecule has 3 nitrogen and oxygen atoms in total. The van der Waals surface area contributed by atoms with Crippen LogP contribution in [0.5, 0.6) is 0 Å². The highest BCUT2D eigenvalue weighted by atomic mass is 35.5. The molecule has 0 aromatic heterocycles. The lowest BCUT2D eigenvalue weighted by molar-refractivity contribution is -0.118. The third-order valence-electron chi connectivity index (χ3n) is 1.25. The van der Waals surface area contributed by atoms with Crippen molar-refractivity contribution in [1.29, 1.82) is 0 Å². The summed E-state index contributed by atoms with van der Waals surface area (Å²) < 4.78 is 0. The first-order chi connectivity index (χ1) is 5.72. The van der Waals surface area contributed by atoms with Gasteiger partial charge < -0.3 is 10.4 Å². The third kappa shape index (κ3) is 2.53. The monoisotopic (exact) mass is 185 g/mol. The molecule has 0 saturated carbocycles. The largest absolute Gasteiger partial charge is 0.387 e. The fourth-order valence-corrected chi connectivity index (χ4v) is 0.957. The molecule has 0 spiro atoms. The normalized spacial score (nSPS) is 9.50. The van der Waals surface area contributed by atoms with Crippen LogP contribution in [0.15, 0.2) is 24.3 Å². The van der Waals surface area contributed by atoms with E-state index in [0.717, 1.165) is 0 Å². The van der Waals surface area contributed by atoms with Gasteiger partial charge in [-0.3, -0.25) is 4.79 Å². The van der Waals surface area contributed by atoms with E-state index >= 15 is 0 Å². The van der Waals surface area contributed by atoms with Gasteiger partial charge in [0.2, 0.25) is 5.91 Å². The Balaban J connectivity index is 2.69. The Morgan fingerprint density at radius 1 is 1.58 bits per heavy atom. The van der Waals surface area contributed by atoms with Gasteiger partial charge in [-0.05, 0) is 18.2 Å². The number of nitrogens with one attached hydrogen (secondary N) is 1. The van der Waals surface area contributed by atoms with Crippen LogP contribution >= 0.6 is 11.6 Å². The van der Waals surface area contributed by atoms with Crippen LogP contribution in [0.3, 0.4) is 0 Å². The molecule has 0 saturated heterocycles. The van der Waals surface area contributed by atoms with Crippen molar-refractivity contribution in [3.63, 3.8) is 0 Å². The van der Waals surface area contributed by atoms with Crippen molar-refractivity contribution < 1.29 is 9.90 Å². The quantitative estimate of drug-likeness (QED) is 0.729. The maximum absolute atomic E-state index is 10.7. The molecule has 0 atom stereocenters. The van der Waals surface area contributed by atoms with Crippen LogP contribution in [0.1, 0.15) is 0 Å². The standard InChI is InChI=1S/C8H8ClNO2/c9-6-2-1-3-7(4-6)10-8(12)5-11/h1-4,11H,5H2,(H,10,12). The fourth-order valence-electron chi connectivity index (χ4n) is 0.767. The maximum Gasteiger partial charge on any atom is 0.250 e. The second-order valence-corrected chi connectivity index (χ2v) is 2.65. The van der Waals surface area contributed by atoms with Gasteiger partial charge in [0.05, 0.1) is 0 Å². The molecule has 64 valence electrons. The van der Waals surface area contributed by atoms with Crippen LogP contribution in [0.2, 0.25) is 5.02 Å². The van der Waals surface area contributed by atoms with Gasteiger partial charge in [-0.25, -0.2) is 0 Å². The number of aliphatic hydroxyl groups excluding tert-OH is 1. The minimum atomic E-state index is -0.521. The molecule has 0 aliphatic heterocycles. The molecule has 0 aliphatic rings. The van der Waals surface area contributed by atoms with E-state index in [1.165, 1.54) is 0 Å². The summed E-state index contributed by atoms with van der Waals surface area (Å²) in [4.78, 5) is 10.7. The second-order valence-electron chi connectivity index (χ2n) is 2.22. The van der Waals surface area contributed by atoms with Gasteiger partial charge in [0.25, 0.3) is 0 Å². The van der Waals surface area contributed by atoms with Gasteiger partial charge in [-0.1, -0.05) is 17.7 Å². The van der Waals surface area contributed by atoms with Gasteiger partial charge in [-0.2, -0.15) is 0 Å². The smallest absolute Gasteiger partial charge is 0.250 e. The molecule has 1 amide bonds. The number of aliphatic hydroxyl groups is 1. The molecule has 1 aromatic rings. The van der Waals surface area contributed by atoms with E-state index < -0.39 is 12.5 Å². The Bertz CT molecular complexity index is 288. The van der Waals surface area contributed by atoms with Crippen LogP contribution in [0.25, 0.3) is 0 Å². The summed E-state index contributed by atoms with van der Waals surface area (Å²) in [5.74, 6) is -0.447. The molecule has 4 heteroatoms. The Labute approximate surface area is 75.0 Å². The van der Waals surface area contributed by atoms with Gasteiger partial charge in [0.15, 0.2) is 0 Å². The number of rotatable bonds is 2. The molecule has 0 radical (unpaired) electrons. The number of amides is 1. The second kappa shape index (κ2) is 4.09. The lowest BCUT2D eigenvalue weighted by atomic mass is 10.3. The topological polar surface area (TPSA) is 49.3 Å². The number of anilines is 1. The van der Waals surface area contributed by atoms with Gasteiger partial charge in [0.1, 0.15) is 6.61 Å². The van der Waals surface area contributed by atoms with Crippen molar-refractivity contribution in [3.05, 3.63) is 29.3 Å². The average Bonchev–Trinajstić information content (AvgIpc) is 2.04. The molecule has 2 N–H and O–H groups in total. The van der Waals surface area contributed by atoms with Crippen LogP contribution in [0, 0.1) is 0 Å². The summed E-state index contributed by atoms with van der Waals surface area (Å²) in [6, 6.07) is 6.72. The summed E-state index contributed by atoms with van der Waals surface area (Å²) >= 11 is 5.66. The molecule has 0 aliphatic carbocycles. The first-order valence-electron chi connectivity index (χ1n) is 3.38. The highest BCUT2D eigenvalue weighted by Gasteiger charge is 1.98. The number of hydrogen-bond acceptors (Lipinski definition) is 2. The predicted octanol–water partition coefficient (Wildman–Crippen LogP) is 1.27. The van der Waals surface area contributed by atoms with Gasteiger partial charge >= 0.3 is 0 Å². The Kier molecular flexibility index (Phi) is 3.08. The number of halogens is 1. The van der Waals surface area contributed by atoms with Crippen LogP contribution in [-0.4, -0.2) is 17.6 Å². The van der Waals surface area contributed by atoms with Crippen LogP contribution < -0.4 is 5.32 Å². The van der Waals surface area contributed by atoms with E-state index in [1.807, 2.05) is 0 Å². The summed E-state index contributed by atoms with van der Waals surface area (Å²) in [6.45, 7) is -0.521. The molecule has 0 bridgehead atoms. The van der Waals surface area contributed by atoms with Crippen molar-refractivity contribution in [2.75, 3.05) is 11.9 Å². The highest BCUT2D eigenvalue weighted by Crippen LogP contribution is 2.14. The average molecular weight is 186 g/mol. The van der Waals surface area contributed by atoms with Crippen molar-refractivity contribution in [3.8, 4) is 0 Å². The number of carbonyl (C=O) groups excluding carboxylic acids is 1. The third-order valence-corrected chi connectivity index (χ3v) is 1.49. The van der Waals surface area contributed by atoms with E-state index in [9.17, 15) is 4.79 Å². The molecule has 0 unspecified atom stereocenters. The zero-order valence-electron chi connectivity index (χ0n) is 6.25. The van der Waals surface area contributed by atoms with Crippen LogP contribution in [0.4, 0.5) is 5.69 Å². The SMILES string of the molecule is O=C(CO)Nc1cccc(Cl)c1. The minimum Gasteiger partial charge on any atom is -0.387 e. The van der Waals surface area contributed by atoms with Crippen molar-refractivity contribution in [1.82, 2.24) is 0 Å². The predicted molar refractivity (Wildman–Crippen MR) is 47.2 cm³/mol. The zero-order chi connectivity index (χ0) is 8.97. The van der Waals surface area contributed by atoms with E-state index in [2.05, 4.69) is 5.32 Å². The molecule has 1 aromatic carbocycles. The van der Waals surface area contributed by atoms with Crippen molar-refractivity contribution in [2.24, 2.45) is 0 Å². The van der Waals surface area contributed by atoms with E-state index in [0.29, 0.717) is 10.7 Å². The van der Waals surface area contributed by atoms with Gasteiger partial charge in [-0.15, -0.1) is 0 Å². The van der Waals surface area contributed by atoms with E-state index in [1.54, 1.807) is 24.3 Å². The molecular formula is C8H8ClNO2. The maximum atomic E-state index is 10.7. The highest BCUT2D eigenvalue weighted by molar-refractivity contribution is 6.30. The Morgan fingerprint density at radius 3 is 2.92 bits per heavy atom. The first-order valence-corrected chi connectivity index (χ1v) is 3.76. The lowest BCUT2D eigenvalue weighted by Gasteiger charge is -2.01. The fraction of sp³-hybridized carbons (Fsp3) is 0.125. The molecule has 12 heavy (non-hydrogen) atoms. The van der Waals surface area contributed by atoms with Crippen molar-refractivity contribution >= 4 is 23.2 Å². The Morgan fingerprint density at radius 2 is 2.33 bits per heavy atom. The van der Waals surface area contributed by atoms with Gasteiger partial charge in [0, 0.05) is 10.7 Å². The molecule has 0 fully saturated rings. The number of carbonyl (C=O) groups is 1. The molecular weight excluding hydrogens is 178 g/mol. The first kappa shape index (κ1) is 9.03. The number of benzene rings is 1. The summed E-state index contributed by atoms with van der Waals surface area (Å²) in [6.07, 6.45) is 0. The summed E-state index contributed by atoms with van der Waals surface area (Å²) in [7, 11) is 0. The van der Waals surface area contributed by atoms with E-state index in [4.69, 9.17) is 16.7 Å². The molecule has 1 rings (SSSR count).